The van der Waals surface area contributed by atoms with Gasteiger partial charge in [0.2, 0.25) is 11.8 Å². The van der Waals surface area contributed by atoms with E-state index >= 15 is 0 Å². The van der Waals surface area contributed by atoms with Crippen LogP contribution in [-0.4, -0.2) is 58.7 Å². The Kier molecular flexibility index (Phi) is 8.98. The van der Waals surface area contributed by atoms with Gasteiger partial charge in [0.05, 0.1) is 6.61 Å². The predicted octanol–water partition coefficient (Wildman–Crippen LogP) is -0.804. The second-order valence-corrected chi connectivity index (χ2v) is 4.95. The lowest BCUT2D eigenvalue weighted by atomic mass is 10.2. The van der Waals surface area contributed by atoms with Gasteiger partial charge in [0, 0.05) is 6.42 Å². The van der Waals surface area contributed by atoms with Crippen LogP contribution in [0.4, 0.5) is 0 Å². The van der Waals surface area contributed by atoms with Gasteiger partial charge < -0.3 is 20.8 Å². The number of amides is 2. The van der Waals surface area contributed by atoms with Gasteiger partial charge in [0.15, 0.2) is 0 Å². The normalized spacial score (nSPS) is 13.4. The Morgan fingerprint density at radius 1 is 1.26 bits per heavy atom. The number of thioether (sulfide) groups is 1. The first-order valence-corrected chi connectivity index (χ1v) is 7.24. The topological polar surface area (TPSA) is 116 Å². The van der Waals surface area contributed by atoms with Gasteiger partial charge in [-0.2, -0.15) is 11.8 Å². The number of aliphatic hydroxyl groups is 1. The van der Waals surface area contributed by atoms with Crippen LogP contribution in [0.1, 0.15) is 19.8 Å². The van der Waals surface area contributed by atoms with Crippen LogP contribution in [-0.2, 0) is 14.4 Å². The van der Waals surface area contributed by atoms with E-state index in [1.165, 1.54) is 6.92 Å². The Balaban J connectivity index is 4.12. The highest BCUT2D eigenvalue weighted by molar-refractivity contribution is 7.98. The summed E-state index contributed by atoms with van der Waals surface area (Å²) < 4.78 is 0. The van der Waals surface area contributed by atoms with Crippen molar-refractivity contribution in [1.82, 2.24) is 10.6 Å². The maximum Gasteiger partial charge on any atom is 0.328 e. The van der Waals surface area contributed by atoms with Crippen molar-refractivity contribution in [3.05, 3.63) is 0 Å². The van der Waals surface area contributed by atoms with Gasteiger partial charge in [-0.05, 0) is 25.4 Å². The highest BCUT2D eigenvalue weighted by atomic mass is 32.2. The number of carboxylic acids is 1. The highest BCUT2D eigenvalue weighted by Crippen LogP contribution is 1.99. The largest absolute Gasteiger partial charge is 0.480 e. The molecule has 4 N–H and O–H groups in total. The standard InChI is InChI=1S/C11H20N2O5S/c1-7(12-9(15)4-3-5-19-2)10(16)13-8(6-14)11(17)18/h7-8,14H,3-6H2,1-2H3,(H,12,15)(H,13,16)(H,17,18)/t7-,8-/m0/s1. The van der Waals surface area contributed by atoms with Crippen LogP contribution in [0.25, 0.3) is 0 Å². The van der Waals surface area contributed by atoms with Crippen LogP contribution in [0.3, 0.4) is 0 Å². The van der Waals surface area contributed by atoms with E-state index in [1.807, 2.05) is 6.26 Å². The Morgan fingerprint density at radius 3 is 2.37 bits per heavy atom. The quantitative estimate of drug-likeness (QED) is 0.413. The lowest BCUT2D eigenvalue weighted by Crippen LogP contribution is -2.51. The second-order valence-electron chi connectivity index (χ2n) is 3.97. The zero-order valence-electron chi connectivity index (χ0n) is 11.0. The van der Waals surface area contributed by atoms with Crippen LogP contribution < -0.4 is 10.6 Å². The van der Waals surface area contributed by atoms with Gasteiger partial charge in [-0.3, -0.25) is 9.59 Å². The third kappa shape index (κ3) is 7.68. The first kappa shape index (κ1) is 17.7. The summed E-state index contributed by atoms with van der Waals surface area (Å²) in [4.78, 5) is 33.7. The van der Waals surface area contributed by atoms with Crippen LogP contribution in [0.2, 0.25) is 0 Å². The van der Waals surface area contributed by atoms with E-state index < -0.39 is 30.6 Å². The molecule has 2 atom stereocenters. The molecule has 0 fully saturated rings. The Labute approximate surface area is 116 Å². The van der Waals surface area contributed by atoms with Crippen molar-refractivity contribution in [2.75, 3.05) is 18.6 Å². The SMILES string of the molecule is CSCCCC(=O)N[C@@H](C)C(=O)N[C@@H](CO)C(=O)O. The van der Waals surface area contributed by atoms with Crippen LogP contribution in [0.5, 0.6) is 0 Å². The fourth-order valence-electron chi connectivity index (χ4n) is 1.24. The maximum absolute atomic E-state index is 11.6. The second kappa shape index (κ2) is 9.62. The lowest BCUT2D eigenvalue weighted by Gasteiger charge is -2.17. The molecule has 8 heteroatoms. The molecule has 0 heterocycles. The summed E-state index contributed by atoms with van der Waals surface area (Å²) in [5.41, 5.74) is 0. The average molecular weight is 292 g/mol. The minimum atomic E-state index is -1.36. The molecule has 0 aromatic carbocycles. The van der Waals surface area contributed by atoms with E-state index in [0.29, 0.717) is 6.42 Å². The number of nitrogens with one attached hydrogen (secondary N) is 2. The van der Waals surface area contributed by atoms with Crippen LogP contribution in [0, 0.1) is 0 Å². The molecular weight excluding hydrogens is 272 g/mol. The molecule has 0 radical (unpaired) electrons. The fraction of sp³-hybridized carbons (Fsp3) is 0.727. The van der Waals surface area contributed by atoms with Gasteiger partial charge in [-0.1, -0.05) is 0 Å². The molecule has 0 aromatic rings. The number of hydrogen-bond acceptors (Lipinski definition) is 5. The monoisotopic (exact) mass is 292 g/mol. The van der Waals surface area contributed by atoms with Crippen molar-refractivity contribution in [3.63, 3.8) is 0 Å². The summed E-state index contributed by atoms with van der Waals surface area (Å²) in [5, 5.41) is 22.0. The maximum atomic E-state index is 11.6. The van der Waals surface area contributed by atoms with Crippen molar-refractivity contribution in [1.29, 1.82) is 0 Å². The molecule has 7 nitrogen and oxygen atoms in total. The number of aliphatic carboxylic acids is 1. The number of carbonyl (C=O) groups is 3. The molecular formula is C11H20N2O5S. The summed E-state index contributed by atoms with van der Waals surface area (Å²) in [6.45, 7) is 0.757. The average Bonchev–Trinajstić information content (AvgIpc) is 2.35. The molecule has 0 spiro atoms. The Morgan fingerprint density at radius 2 is 1.89 bits per heavy atom. The summed E-state index contributed by atoms with van der Waals surface area (Å²) >= 11 is 1.63. The lowest BCUT2D eigenvalue weighted by molar-refractivity contribution is -0.143. The van der Waals surface area contributed by atoms with Crippen LogP contribution in [0.15, 0.2) is 0 Å². The zero-order valence-corrected chi connectivity index (χ0v) is 11.8. The van der Waals surface area contributed by atoms with Crippen LogP contribution >= 0.6 is 11.8 Å². The third-order valence-electron chi connectivity index (χ3n) is 2.32. The Hall–Kier alpha value is -1.28. The zero-order chi connectivity index (χ0) is 14.8. The number of carbonyl (C=O) groups excluding carboxylic acids is 2. The van der Waals surface area contributed by atoms with Crippen molar-refractivity contribution >= 4 is 29.5 Å². The van der Waals surface area contributed by atoms with Gasteiger partial charge in [0.1, 0.15) is 12.1 Å². The molecule has 0 bridgehead atoms. The molecule has 2 amide bonds. The number of carboxylic acid groups (broad SMARTS) is 1. The van der Waals surface area contributed by atoms with Gasteiger partial charge >= 0.3 is 5.97 Å². The molecule has 0 rings (SSSR count). The van der Waals surface area contributed by atoms with E-state index in [1.54, 1.807) is 11.8 Å². The molecule has 110 valence electrons. The van der Waals surface area contributed by atoms with Crippen molar-refractivity contribution in [2.45, 2.75) is 31.8 Å². The highest BCUT2D eigenvalue weighted by Gasteiger charge is 2.22. The third-order valence-corrected chi connectivity index (χ3v) is 3.02. The summed E-state index contributed by atoms with van der Waals surface area (Å²) in [7, 11) is 0. The number of aliphatic hydroxyl groups excluding tert-OH is 1. The fourth-order valence-corrected chi connectivity index (χ4v) is 1.67. The molecule has 0 unspecified atom stereocenters. The minimum Gasteiger partial charge on any atom is -0.480 e. The van der Waals surface area contributed by atoms with E-state index in [9.17, 15) is 14.4 Å². The molecule has 19 heavy (non-hydrogen) atoms. The molecule has 0 saturated carbocycles. The number of hydrogen-bond donors (Lipinski definition) is 4. The predicted molar refractivity (Wildman–Crippen MR) is 71.9 cm³/mol. The molecule has 0 aliphatic carbocycles. The first-order valence-electron chi connectivity index (χ1n) is 5.84. The van der Waals surface area contributed by atoms with Gasteiger partial charge in [0.25, 0.3) is 0 Å². The Bertz CT molecular complexity index is 324. The summed E-state index contributed by atoms with van der Waals surface area (Å²) in [6.07, 6.45) is 2.98. The van der Waals surface area contributed by atoms with Gasteiger partial charge in [-0.25, -0.2) is 4.79 Å². The minimum absolute atomic E-state index is 0.257. The van der Waals surface area contributed by atoms with Crippen molar-refractivity contribution in [3.8, 4) is 0 Å². The van der Waals surface area contributed by atoms with E-state index in [4.69, 9.17) is 10.2 Å². The van der Waals surface area contributed by atoms with E-state index in [-0.39, 0.29) is 5.91 Å². The molecule has 0 aromatic heterocycles. The summed E-state index contributed by atoms with van der Waals surface area (Å²) in [5.74, 6) is -1.36. The summed E-state index contributed by atoms with van der Waals surface area (Å²) in [6, 6.07) is -2.20. The molecule has 0 aliphatic heterocycles. The van der Waals surface area contributed by atoms with Crippen molar-refractivity contribution in [2.24, 2.45) is 0 Å². The molecule has 0 aliphatic rings. The van der Waals surface area contributed by atoms with Crippen molar-refractivity contribution < 1.29 is 24.6 Å². The first-order chi connectivity index (χ1) is 8.92. The number of rotatable bonds is 9. The van der Waals surface area contributed by atoms with E-state index in [0.717, 1.165) is 12.2 Å². The van der Waals surface area contributed by atoms with Gasteiger partial charge in [-0.15, -0.1) is 0 Å². The van der Waals surface area contributed by atoms with E-state index in [2.05, 4.69) is 10.6 Å². The smallest absolute Gasteiger partial charge is 0.328 e. The molecule has 0 saturated heterocycles.